The highest BCUT2D eigenvalue weighted by atomic mass is 79.9. The van der Waals surface area contributed by atoms with Crippen LogP contribution in [0.4, 0.5) is 18.9 Å². The SMILES string of the molecule is CC(C(=O)O)S(=O)(=O)Nc1ccc(OC(F)(F)F)c(Br)c1. The Bertz CT molecular complexity index is 647. The van der Waals surface area contributed by atoms with E-state index in [1.807, 2.05) is 4.72 Å². The summed E-state index contributed by atoms with van der Waals surface area (Å²) in [6.07, 6.45) is -4.89. The van der Waals surface area contributed by atoms with Crippen LogP contribution in [0.3, 0.4) is 0 Å². The monoisotopic (exact) mass is 391 g/mol. The van der Waals surface area contributed by atoms with Crippen molar-refractivity contribution in [2.75, 3.05) is 4.72 Å². The maximum Gasteiger partial charge on any atom is 0.573 e. The van der Waals surface area contributed by atoms with E-state index in [4.69, 9.17) is 5.11 Å². The minimum absolute atomic E-state index is 0.107. The lowest BCUT2D eigenvalue weighted by atomic mass is 10.3. The molecule has 0 radical (unpaired) electrons. The van der Waals surface area contributed by atoms with Gasteiger partial charge in [0.1, 0.15) is 5.75 Å². The third-order valence-corrected chi connectivity index (χ3v) is 4.50. The molecule has 0 saturated heterocycles. The Kier molecular flexibility index (Phi) is 5.10. The summed E-state index contributed by atoms with van der Waals surface area (Å²) in [6, 6.07) is 2.92. The van der Waals surface area contributed by atoms with Crippen LogP contribution in [0.15, 0.2) is 22.7 Å². The summed E-state index contributed by atoms with van der Waals surface area (Å²) in [5, 5.41) is 6.93. The predicted molar refractivity (Wildman–Crippen MR) is 70.5 cm³/mol. The van der Waals surface area contributed by atoms with E-state index >= 15 is 0 Å². The summed E-state index contributed by atoms with van der Waals surface area (Å²) in [4.78, 5) is 10.6. The molecule has 1 unspecified atom stereocenters. The van der Waals surface area contributed by atoms with Gasteiger partial charge in [0, 0.05) is 5.69 Å². The van der Waals surface area contributed by atoms with Gasteiger partial charge in [-0.3, -0.25) is 9.52 Å². The van der Waals surface area contributed by atoms with E-state index in [0.29, 0.717) is 0 Å². The zero-order valence-electron chi connectivity index (χ0n) is 10.3. The quantitative estimate of drug-likeness (QED) is 0.804. The van der Waals surface area contributed by atoms with Crippen molar-refractivity contribution in [1.82, 2.24) is 0 Å². The van der Waals surface area contributed by atoms with Gasteiger partial charge in [0.05, 0.1) is 4.47 Å². The molecule has 0 amide bonds. The standard InChI is InChI=1S/C10H9BrF3NO5S/c1-5(9(16)17)21(18,19)15-6-2-3-8(7(11)4-6)20-10(12,13)14/h2-5,15H,1H3,(H,16,17). The van der Waals surface area contributed by atoms with Crippen LogP contribution < -0.4 is 9.46 Å². The van der Waals surface area contributed by atoms with Crippen LogP contribution in [0.5, 0.6) is 5.75 Å². The second kappa shape index (κ2) is 6.10. The molecule has 0 saturated carbocycles. The van der Waals surface area contributed by atoms with Crippen LogP contribution in [-0.2, 0) is 14.8 Å². The van der Waals surface area contributed by atoms with Gasteiger partial charge in [-0.05, 0) is 41.1 Å². The van der Waals surface area contributed by atoms with Crippen LogP contribution in [0.1, 0.15) is 6.92 Å². The average molecular weight is 392 g/mol. The molecule has 21 heavy (non-hydrogen) atoms. The fourth-order valence-electron chi connectivity index (χ4n) is 1.16. The zero-order chi connectivity index (χ0) is 16.4. The molecule has 0 bridgehead atoms. The number of aliphatic carboxylic acids is 1. The van der Waals surface area contributed by atoms with Crippen molar-refractivity contribution in [3.63, 3.8) is 0 Å². The second-order valence-electron chi connectivity index (χ2n) is 3.82. The van der Waals surface area contributed by atoms with Gasteiger partial charge >= 0.3 is 12.3 Å². The van der Waals surface area contributed by atoms with Gasteiger partial charge in [0.25, 0.3) is 0 Å². The van der Waals surface area contributed by atoms with Crippen molar-refractivity contribution < 1.29 is 36.2 Å². The first-order valence-electron chi connectivity index (χ1n) is 5.22. The summed E-state index contributed by atoms with van der Waals surface area (Å²) >= 11 is 2.80. The van der Waals surface area contributed by atoms with E-state index in [0.717, 1.165) is 25.1 Å². The molecule has 0 spiro atoms. The molecule has 0 aromatic heterocycles. The minimum atomic E-state index is -4.89. The average Bonchev–Trinajstić information content (AvgIpc) is 2.29. The largest absolute Gasteiger partial charge is 0.573 e. The lowest BCUT2D eigenvalue weighted by Gasteiger charge is -2.14. The molecule has 0 fully saturated rings. The van der Waals surface area contributed by atoms with Gasteiger partial charge in [-0.25, -0.2) is 8.42 Å². The van der Waals surface area contributed by atoms with Crippen LogP contribution in [0, 0.1) is 0 Å². The van der Waals surface area contributed by atoms with Crippen molar-refractivity contribution in [2.45, 2.75) is 18.5 Å². The van der Waals surface area contributed by atoms with E-state index < -0.39 is 33.4 Å². The number of rotatable bonds is 5. The molecule has 0 aliphatic rings. The van der Waals surface area contributed by atoms with E-state index in [2.05, 4.69) is 20.7 Å². The van der Waals surface area contributed by atoms with E-state index in [1.165, 1.54) is 0 Å². The molecule has 11 heteroatoms. The first-order valence-corrected chi connectivity index (χ1v) is 7.56. The molecule has 1 rings (SSSR count). The highest BCUT2D eigenvalue weighted by Crippen LogP contribution is 2.32. The zero-order valence-corrected chi connectivity index (χ0v) is 12.7. The van der Waals surface area contributed by atoms with Gasteiger partial charge < -0.3 is 9.84 Å². The molecule has 0 aliphatic carbocycles. The Balaban J connectivity index is 2.98. The molecular formula is C10H9BrF3NO5S. The normalized spacial score (nSPS) is 13.6. The Morgan fingerprint density at radius 2 is 2.00 bits per heavy atom. The molecule has 1 aromatic carbocycles. The fraction of sp³-hybridized carbons (Fsp3) is 0.300. The molecule has 118 valence electrons. The number of ether oxygens (including phenoxy) is 1. The van der Waals surface area contributed by atoms with Crippen molar-refractivity contribution in [2.24, 2.45) is 0 Å². The van der Waals surface area contributed by atoms with Gasteiger partial charge in [-0.1, -0.05) is 0 Å². The highest BCUT2D eigenvalue weighted by molar-refractivity contribution is 9.10. The Hall–Kier alpha value is -1.49. The van der Waals surface area contributed by atoms with Crippen molar-refractivity contribution in [3.05, 3.63) is 22.7 Å². The summed E-state index contributed by atoms with van der Waals surface area (Å²) < 4.78 is 65.0. The fourth-order valence-corrected chi connectivity index (χ4v) is 2.51. The highest BCUT2D eigenvalue weighted by Gasteiger charge is 2.32. The number of hydrogen-bond acceptors (Lipinski definition) is 4. The number of carboxylic acids is 1. The third-order valence-electron chi connectivity index (χ3n) is 2.23. The van der Waals surface area contributed by atoms with Gasteiger partial charge in [0.2, 0.25) is 10.0 Å². The molecule has 2 N–H and O–H groups in total. The Morgan fingerprint density at radius 3 is 2.43 bits per heavy atom. The summed E-state index contributed by atoms with van der Waals surface area (Å²) in [5.41, 5.74) is -0.107. The summed E-state index contributed by atoms with van der Waals surface area (Å²) in [5.74, 6) is -2.12. The van der Waals surface area contributed by atoms with Gasteiger partial charge in [0.15, 0.2) is 5.25 Å². The van der Waals surface area contributed by atoms with Crippen LogP contribution in [0.25, 0.3) is 0 Å². The van der Waals surface area contributed by atoms with Crippen molar-refractivity contribution in [3.8, 4) is 5.75 Å². The van der Waals surface area contributed by atoms with E-state index in [-0.39, 0.29) is 10.2 Å². The lowest BCUT2D eigenvalue weighted by Crippen LogP contribution is -2.32. The number of carbonyl (C=O) groups is 1. The first-order chi connectivity index (χ1) is 9.42. The lowest BCUT2D eigenvalue weighted by molar-refractivity contribution is -0.274. The number of sulfonamides is 1. The maximum atomic E-state index is 12.1. The summed E-state index contributed by atoms with van der Waals surface area (Å²) in [6.45, 7) is 0.959. The Labute approximate surface area is 126 Å². The molecule has 0 heterocycles. The third kappa shape index (κ3) is 5.08. The number of carboxylic acid groups (broad SMARTS) is 1. The molecule has 0 aliphatic heterocycles. The number of benzene rings is 1. The number of hydrogen-bond donors (Lipinski definition) is 2. The van der Waals surface area contributed by atoms with E-state index in [9.17, 15) is 26.4 Å². The molecule has 1 aromatic rings. The van der Waals surface area contributed by atoms with Crippen molar-refractivity contribution in [1.29, 1.82) is 0 Å². The van der Waals surface area contributed by atoms with E-state index in [1.54, 1.807) is 0 Å². The number of halogens is 4. The summed E-state index contributed by atoms with van der Waals surface area (Å²) in [7, 11) is -4.21. The van der Waals surface area contributed by atoms with Crippen LogP contribution in [0.2, 0.25) is 0 Å². The van der Waals surface area contributed by atoms with Gasteiger partial charge in [-0.15, -0.1) is 13.2 Å². The number of alkyl halides is 3. The number of anilines is 1. The molecular weight excluding hydrogens is 383 g/mol. The first kappa shape index (κ1) is 17.6. The van der Waals surface area contributed by atoms with Crippen molar-refractivity contribution >= 4 is 37.6 Å². The second-order valence-corrected chi connectivity index (χ2v) is 6.68. The van der Waals surface area contributed by atoms with Crippen LogP contribution in [-0.4, -0.2) is 31.1 Å². The Morgan fingerprint density at radius 1 is 1.43 bits per heavy atom. The van der Waals surface area contributed by atoms with Crippen LogP contribution >= 0.6 is 15.9 Å². The number of nitrogens with one attached hydrogen (secondary N) is 1. The topological polar surface area (TPSA) is 92.7 Å². The maximum absolute atomic E-state index is 12.1. The smallest absolute Gasteiger partial charge is 0.480 e. The predicted octanol–water partition coefficient (Wildman–Crippen LogP) is 2.56. The molecule has 6 nitrogen and oxygen atoms in total. The molecule has 1 atom stereocenters. The minimum Gasteiger partial charge on any atom is -0.480 e. The van der Waals surface area contributed by atoms with Gasteiger partial charge in [-0.2, -0.15) is 0 Å².